The van der Waals surface area contributed by atoms with Crippen LogP contribution >= 0.6 is 0 Å². The Balaban J connectivity index is 2.38. The quantitative estimate of drug-likeness (QED) is 0.720. The zero-order valence-electron chi connectivity index (χ0n) is 9.51. The van der Waals surface area contributed by atoms with Crippen LogP contribution in [0.3, 0.4) is 0 Å². The molecule has 1 saturated carbocycles. The van der Waals surface area contributed by atoms with Crippen LogP contribution in [0.4, 0.5) is 4.39 Å². The van der Waals surface area contributed by atoms with Crippen molar-refractivity contribution in [3.8, 4) is 5.75 Å². The predicted octanol–water partition coefficient (Wildman–Crippen LogP) is 3.66. The second-order valence-corrected chi connectivity index (χ2v) is 5.18. The molecular weight excluding hydrogens is 191 g/mol. The van der Waals surface area contributed by atoms with Crippen LogP contribution in [0.2, 0.25) is 0 Å². The van der Waals surface area contributed by atoms with Crippen molar-refractivity contribution >= 4 is 0 Å². The summed E-state index contributed by atoms with van der Waals surface area (Å²) in [5.74, 6) is 0.547. The highest BCUT2D eigenvalue weighted by Gasteiger charge is 2.28. The summed E-state index contributed by atoms with van der Waals surface area (Å²) in [4.78, 5) is 0. The Bertz CT molecular complexity index is 361. The molecule has 2 rings (SSSR count). The largest absolute Gasteiger partial charge is 0.490 e. The smallest absolute Gasteiger partial charge is 0.130 e. The van der Waals surface area contributed by atoms with Crippen molar-refractivity contribution in [1.29, 1.82) is 0 Å². The molecule has 0 atom stereocenters. The molecule has 1 aliphatic rings. The van der Waals surface area contributed by atoms with E-state index in [2.05, 4.69) is 0 Å². The highest BCUT2D eigenvalue weighted by molar-refractivity contribution is 5.40. The van der Waals surface area contributed by atoms with Gasteiger partial charge in [0.15, 0.2) is 0 Å². The average Bonchev–Trinajstić information content (AvgIpc) is 2.85. The van der Waals surface area contributed by atoms with Crippen LogP contribution in [0.15, 0.2) is 18.2 Å². The van der Waals surface area contributed by atoms with Gasteiger partial charge in [-0.1, -0.05) is 26.8 Å². The van der Waals surface area contributed by atoms with Gasteiger partial charge in [-0.2, -0.15) is 0 Å². The summed E-state index contributed by atoms with van der Waals surface area (Å²) >= 11 is 0. The molecule has 15 heavy (non-hydrogen) atoms. The topological polar surface area (TPSA) is 9.23 Å². The summed E-state index contributed by atoms with van der Waals surface area (Å²) in [6, 6.07) is 5.07. The van der Waals surface area contributed by atoms with Gasteiger partial charge in [0, 0.05) is 5.56 Å². The number of rotatable bonds is 2. The number of ether oxygens (including phenoxy) is 1. The molecule has 1 nitrogen and oxygen atoms in total. The minimum atomic E-state index is -0.213. The fraction of sp³-hybridized carbons (Fsp3) is 0.538. The number of benzene rings is 1. The van der Waals surface area contributed by atoms with Crippen molar-refractivity contribution in [3.63, 3.8) is 0 Å². The lowest BCUT2D eigenvalue weighted by atomic mass is 9.86. The van der Waals surface area contributed by atoms with E-state index in [1.165, 1.54) is 6.07 Å². The first kappa shape index (κ1) is 10.5. The summed E-state index contributed by atoms with van der Waals surface area (Å²) in [6.07, 6.45) is 2.51. The number of hydrogen-bond donors (Lipinski definition) is 0. The van der Waals surface area contributed by atoms with Gasteiger partial charge in [0.2, 0.25) is 0 Å². The van der Waals surface area contributed by atoms with Crippen molar-refractivity contribution < 1.29 is 9.13 Å². The molecule has 82 valence electrons. The second-order valence-electron chi connectivity index (χ2n) is 5.18. The van der Waals surface area contributed by atoms with Gasteiger partial charge in [0.25, 0.3) is 0 Å². The maximum atomic E-state index is 13.7. The van der Waals surface area contributed by atoms with Crippen molar-refractivity contribution in [2.45, 2.75) is 45.1 Å². The third kappa shape index (κ3) is 2.31. The van der Waals surface area contributed by atoms with Crippen LogP contribution in [-0.2, 0) is 5.41 Å². The Labute approximate surface area is 90.3 Å². The first-order valence-corrected chi connectivity index (χ1v) is 5.44. The fourth-order valence-electron chi connectivity index (χ4n) is 1.70. The highest BCUT2D eigenvalue weighted by atomic mass is 19.1. The lowest BCUT2D eigenvalue weighted by molar-refractivity contribution is 0.291. The maximum absolute atomic E-state index is 13.7. The fourth-order valence-corrected chi connectivity index (χ4v) is 1.70. The number of hydrogen-bond acceptors (Lipinski definition) is 1. The van der Waals surface area contributed by atoms with Gasteiger partial charge in [0.1, 0.15) is 11.6 Å². The molecule has 0 N–H and O–H groups in total. The first-order chi connectivity index (χ1) is 6.98. The lowest BCUT2D eigenvalue weighted by Gasteiger charge is -2.23. The molecule has 1 aliphatic carbocycles. The van der Waals surface area contributed by atoms with Gasteiger partial charge in [-0.05, 0) is 30.4 Å². The molecule has 0 heterocycles. The standard InChI is InChI=1S/C13H17FO/c1-13(2,3)12-10(14)5-4-6-11(12)15-9-7-8-9/h4-6,9H,7-8H2,1-3H3. The van der Waals surface area contributed by atoms with Gasteiger partial charge in [-0.15, -0.1) is 0 Å². The summed E-state index contributed by atoms with van der Waals surface area (Å²) in [7, 11) is 0. The van der Waals surface area contributed by atoms with E-state index in [1.54, 1.807) is 6.07 Å². The molecule has 0 aliphatic heterocycles. The monoisotopic (exact) mass is 208 g/mol. The highest BCUT2D eigenvalue weighted by Crippen LogP contribution is 2.36. The minimum Gasteiger partial charge on any atom is -0.490 e. The van der Waals surface area contributed by atoms with E-state index in [0.717, 1.165) is 12.8 Å². The van der Waals surface area contributed by atoms with E-state index in [1.807, 2.05) is 26.8 Å². The average molecular weight is 208 g/mol. The lowest BCUT2D eigenvalue weighted by Crippen LogP contribution is -2.16. The molecule has 1 aromatic rings. The molecule has 0 spiro atoms. The molecule has 0 unspecified atom stereocenters. The maximum Gasteiger partial charge on any atom is 0.130 e. The molecule has 0 amide bonds. The van der Waals surface area contributed by atoms with Gasteiger partial charge >= 0.3 is 0 Å². The molecule has 0 bridgehead atoms. The van der Waals surface area contributed by atoms with Crippen LogP contribution in [-0.4, -0.2) is 6.10 Å². The van der Waals surface area contributed by atoms with Crippen LogP contribution in [0.5, 0.6) is 5.75 Å². The normalized spacial score (nSPS) is 16.5. The Morgan fingerprint density at radius 3 is 2.47 bits per heavy atom. The van der Waals surface area contributed by atoms with Crippen LogP contribution in [0.25, 0.3) is 0 Å². The van der Waals surface area contributed by atoms with E-state index in [4.69, 9.17) is 4.74 Å². The first-order valence-electron chi connectivity index (χ1n) is 5.44. The molecule has 0 aromatic heterocycles. The second kappa shape index (κ2) is 3.51. The minimum absolute atomic E-state index is 0.166. The summed E-state index contributed by atoms with van der Waals surface area (Å²) in [6.45, 7) is 6.02. The van der Waals surface area contributed by atoms with E-state index in [9.17, 15) is 4.39 Å². The van der Waals surface area contributed by atoms with Crippen molar-refractivity contribution in [2.75, 3.05) is 0 Å². The summed E-state index contributed by atoms with van der Waals surface area (Å²) in [5.41, 5.74) is 0.479. The third-order valence-corrected chi connectivity index (χ3v) is 2.54. The van der Waals surface area contributed by atoms with E-state index < -0.39 is 0 Å². The van der Waals surface area contributed by atoms with Crippen molar-refractivity contribution in [1.82, 2.24) is 0 Å². The zero-order chi connectivity index (χ0) is 11.1. The summed E-state index contributed by atoms with van der Waals surface area (Å²) in [5, 5.41) is 0. The Morgan fingerprint density at radius 2 is 1.93 bits per heavy atom. The third-order valence-electron chi connectivity index (χ3n) is 2.54. The van der Waals surface area contributed by atoms with E-state index in [0.29, 0.717) is 17.4 Å². The van der Waals surface area contributed by atoms with Crippen molar-refractivity contribution in [2.24, 2.45) is 0 Å². The van der Waals surface area contributed by atoms with Crippen LogP contribution in [0.1, 0.15) is 39.2 Å². The molecule has 1 aromatic carbocycles. The Morgan fingerprint density at radius 1 is 1.27 bits per heavy atom. The van der Waals surface area contributed by atoms with Gasteiger partial charge in [-0.3, -0.25) is 0 Å². The molecule has 2 heteroatoms. The molecule has 0 radical (unpaired) electrons. The van der Waals surface area contributed by atoms with Gasteiger partial charge < -0.3 is 4.74 Å². The van der Waals surface area contributed by atoms with E-state index in [-0.39, 0.29) is 11.2 Å². The zero-order valence-corrected chi connectivity index (χ0v) is 9.51. The van der Waals surface area contributed by atoms with Crippen LogP contribution < -0.4 is 4.74 Å². The Kier molecular flexibility index (Phi) is 2.45. The van der Waals surface area contributed by atoms with Crippen molar-refractivity contribution in [3.05, 3.63) is 29.6 Å². The molecular formula is C13H17FO. The molecule has 1 fully saturated rings. The van der Waals surface area contributed by atoms with E-state index >= 15 is 0 Å². The van der Waals surface area contributed by atoms with Gasteiger partial charge in [0.05, 0.1) is 6.10 Å². The molecule has 0 saturated heterocycles. The number of halogens is 1. The van der Waals surface area contributed by atoms with Crippen LogP contribution in [0, 0.1) is 5.82 Å². The Hall–Kier alpha value is -1.05. The van der Waals surface area contributed by atoms with Gasteiger partial charge in [-0.25, -0.2) is 4.39 Å². The predicted molar refractivity (Wildman–Crippen MR) is 58.8 cm³/mol. The SMILES string of the molecule is CC(C)(C)c1c(F)cccc1OC1CC1. The summed E-state index contributed by atoms with van der Waals surface area (Å²) < 4.78 is 19.5.